The van der Waals surface area contributed by atoms with Crippen molar-refractivity contribution in [3.63, 3.8) is 0 Å². The third kappa shape index (κ3) is 2.03. The van der Waals surface area contributed by atoms with Crippen molar-refractivity contribution < 1.29 is 4.42 Å². The Kier molecular flexibility index (Phi) is 2.75. The van der Waals surface area contributed by atoms with Crippen LogP contribution in [0, 0.1) is 16.2 Å². The maximum atomic E-state index is 5.54. The molecule has 15 heavy (non-hydrogen) atoms. The Bertz CT molecular complexity index is 402. The van der Waals surface area contributed by atoms with Gasteiger partial charge in [0.15, 0.2) is 0 Å². The minimum atomic E-state index is 0.409. The highest BCUT2D eigenvalue weighted by atomic mass is 32.1. The third-order valence-corrected chi connectivity index (χ3v) is 4.18. The van der Waals surface area contributed by atoms with Crippen molar-refractivity contribution >= 4 is 12.2 Å². The second kappa shape index (κ2) is 3.78. The van der Waals surface area contributed by atoms with Crippen molar-refractivity contribution in [3.8, 4) is 0 Å². The van der Waals surface area contributed by atoms with Crippen LogP contribution >= 0.6 is 12.2 Å². The Morgan fingerprint density at radius 2 is 2.27 bits per heavy atom. The van der Waals surface area contributed by atoms with Crippen LogP contribution < -0.4 is 0 Å². The standard InChI is InChI=1S/C12H19NOS/c1-4-12(2,3)8-5-6-9-10(7-8)14-11(15)13-9/h8H,4-7H2,1-3H3,(H,13,15). The van der Waals surface area contributed by atoms with Crippen LogP contribution in [-0.4, -0.2) is 4.98 Å². The summed E-state index contributed by atoms with van der Waals surface area (Å²) in [5.41, 5.74) is 1.63. The summed E-state index contributed by atoms with van der Waals surface area (Å²) in [5.74, 6) is 1.82. The number of aromatic amines is 1. The molecule has 0 saturated carbocycles. The van der Waals surface area contributed by atoms with Crippen molar-refractivity contribution in [2.75, 3.05) is 0 Å². The molecule has 2 rings (SSSR count). The first-order valence-electron chi connectivity index (χ1n) is 5.74. The molecule has 1 aromatic rings. The molecule has 0 fully saturated rings. The van der Waals surface area contributed by atoms with Crippen LogP contribution in [0.15, 0.2) is 4.42 Å². The molecule has 1 N–H and O–H groups in total. The quantitative estimate of drug-likeness (QED) is 0.774. The van der Waals surface area contributed by atoms with E-state index < -0.39 is 0 Å². The molecule has 1 atom stereocenters. The van der Waals surface area contributed by atoms with Crippen molar-refractivity contribution in [2.24, 2.45) is 11.3 Å². The fraction of sp³-hybridized carbons (Fsp3) is 0.750. The number of oxazole rings is 1. The molecule has 1 heterocycles. The highest BCUT2D eigenvalue weighted by molar-refractivity contribution is 7.71. The smallest absolute Gasteiger partial charge is 0.266 e. The van der Waals surface area contributed by atoms with E-state index >= 15 is 0 Å². The van der Waals surface area contributed by atoms with E-state index in [1.54, 1.807) is 0 Å². The minimum Gasteiger partial charge on any atom is -0.434 e. The van der Waals surface area contributed by atoms with E-state index in [1.165, 1.54) is 18.5 Å². The van der Waals surface area contributed by atoms with Gasteiger partial charge in [-0.15, -0.1) is 0 Å². The van der Waals surface area contributed by atoms with E-state index in [4.69, 9.17) is 16.6 Å². The predicted octanol–water partition coefficient (Wildman–Crippen LogP) is 3.88. The molecule has 1 unspecified atom stereocenters. The number of hydrogen-bond acceptors (Lipinski definition) is 2. The summed E-state index contributed by atoms with van der Waals surface area (Å²) < 4.78 is 5.54. The zero-order chi connectivity index (χ0) is 11.1. The van der Waals surface area contributed by atoms with Crippen molar-refractivity contribution in [3.05, 3.63) is 16.3 Å². The van der Waals surface area contributed by atoms with Gasteiger partial charge in [0.25, 0.3) is 4.84 Å². The maximum absolute atomic E-state index is 5.54. The monoisotopic (exact) mass is 225 g/mol. The molecule has 1 aliphatic carbocycles. The lowest BCUT2D eigenvalue weighted by Gasteiger charge is -2.35. The summed E-state index contributed by atoms with van der Waals surface area (Å²) >= 11 is 5.02. The van der Waals surface area contributed by atoms with Crippen LogP contribution in [0.2, 0.25) is 0 Å². The van der Waals surface area contributed by atoms with Crippen molar-refractivity contribution in [2.45, 2.75) is 46.5 Å². The fourth-order valence-electron chi connectivity index (χ4n) is 2.36. The zero-order valence-corrected chi connectivity index (χ0v) is 10.5. The lowest BCUT2D eigenvalue weighted by molar-refractivity contribution is 0.172. The van der Waals surface area contributed by atoms with Crippen molar-refractivity contribution in [1.29, 1.82) is 0 Å². The van der Waals surface area contributed by atoms with Gasteiger partial charge in [-0.2, -0.15) is 0 Å². The minimum absolute atomic E-state index is 0.409. The summed E-state index contributed by atoms with van der Waals surface area (Å²) in [6.45, 7) is 6.97. The number of aromatic nitrogens is 1. The van der Waals surface area contributed by atoms with Gasteiger partial charge in [0.2, 0.25) is 0 Å². The number of hydrogen-bond donors (Lipinski definition) is 1. The topological polar surface area (TPSA) is 28.9 Å². The molecule has 0 spiro atoms. The molecule has 1 aromatic heterocycles. The van der Waals surface area contributed by atoms with E-state index in [0.29, 0.717) is 10.3 Å². The number of rotatable bonds is 2. The van der Waals surface area contributed by atoms with E-state index in [0.717, 1.165) is 24.5 Å². The van der Waals surface area contributed by atoms with E-state index in [9.17, 15) is 0 Å². The lowest BCUT2D eigenvalue weighted by atomic mass is 9.70. The molecular weight excluding hydrogens is 206 g/mol. The summed E-state index contributed by atoms with van der Waals surface area (Å²) in [6, 6.07) is 0. The first-order valence-corrected chi connectivity index (χ1v) is 6.14. The molecule has 0 aromatic carbocycles. The average Bonchev–Trinajstić information content (AvgIpc) is 2.56. The average molecular weight is 225 g/mol. The molecule has 0 amide bonds. The number of nitrogens with one attached hydrogen (secondary N) is 1. The SMILES string of the molecule is CCC(C)(C)C1CCc2[nH]c(=S)oc2C1. The van der Waals surface area contributed by atoms with Gasteiger partial charge < -0.3 is 9.40 Å². The Labute approximate surface area is 96.1 Å². The lowest BCUT2D eigenvalue weighted by Crippen LogP contribution is -2.28. The Balaban J connectivity index is 2.22. The highest BCUT2D eigenvalue weighted by Gasteiger charge is 2.32. The summed E-state index contributed by atoms with van der Waals surface area (Å²) in [6.07, 6.45) is 4.60. The predicted molar refractivity (Wildman–Crippen MR) is 63.5 cm³/mol. The van der Waals surface area contributed by atoms with Gasteiger partial charge in [-0.25, -0.2) is 0 Å². The molecule has 0 aliphatic heterocycles. The van der Waals surface area contributed by atoms with Crippen LogP contribution in [0.25, 0.3) is 0 Å². The zero-order valence-electron chi connectivity index (χ0n) is 9.72. The first-order chi connectivity index (χ1) is 7.03. The number of H-pyrrole nitrogens is 1. The van der Waals surface area contributed by atoms with E-state index in [1.807, 2.05) is 0 Å². The first kappa shape index (κ1) is 10.9. The van der Waals surface area contributed by atoms with E-state index in [-0.39, 0.29) is 0 Å². The van der Waals surface area contributed by atoms with Gasteiger partial charge in [-0.3, -0.25) is 0 Å². The normalized spacial score (nSPS) is 21.4. The molecule has 0 radical (unpaired) electrons. The third-order valence-electron chi connectivity index (χ3n) is 4.00. The van der Waals surface area contributed by atoms with Gasteiger partial charge in [0, 0.05) is 6.42 Å². The van der Waals surface area contributed by atoms with Crippen LogP contribution in [0.5, 0.6) is 0 Å². The molecule has 2 nitrogen and oxygen atoms in total. The summed E-state index contributed by atoms with van der Waals surface area (Å²) in [5, 5.41) is 0. The Hall–Kier alpha value is -0.570. The molecule has 0 bridgehead atoms. The summed E-state index contributed by atoms with van der Waals surface area (Å²) in [7, 11) is 0. The molecule has 84 valence electrons. The molecular formula is C12H19NOS. The number of aryl methyl sites for hydroxylation is 1. The highest BCUT2D eigenvalue weighted by Crippen LogP contribution is 2.39. The van der Waals surface area contributed by atoms with Gasteiger partial charge >= 0.3 is 0 Å². The van der Waals surface area contributed by atoms with Crippen LogP contribution in [0.1, 0.15) is 45.1 Å². The van der Waals surface area contributed by atoms with Gasteiger partial charge in [0.05, 0.1) is 5.69 Å². The van der Waals surface area contributed by atoms with Gasteiger partial charge in [-0.05, 0) is 36.4 Å². The van der Waals surface area contributed by atoms with Crippen molar-refractivity contribution in [1.82, 2.24) is 4.98 Å². The molecule has 1 aliphatic rings. The van der Waals surface area contributed by atoms with Crippen LogP contribution in [0.4, 0.5) is 0 Å². The molecule has 0 saturated heterocycles. The van der Waals surface area contributed by atoms with Crippen LogP contribution in [0.3, 0.4) is 0 Å². The van der Waals surface area contributed by atoms with E-state index in [2.05, 4.69) is 25.8 Å². The van der Waals surface area contributed by atoms with Crippen LogP contribution in [-0.2, 0) is 12.8 Å². The Morgan fingerprint density at radius 3 is 2.93 bits per heavy atom. The summed E-state index contributed by atoms with van der Waals surface area (Å²) in [4.78, 5) is 3.67. The largest absolute Gasteiger partial charge is 0.434 e. The Morgan fingerprint density at radius 1 is 1.53 bits per heavy atom. The second-order valence-electron chi connectivity index (χ2n) is 5.20. The number of fused-ring (bicyclic) bond motifs is 1. The molecule has 3 heteroatoms. The van der Waals surface area contributed by atoms with Gasteiger partial charge in [-0.1, -0.05) is 27.2 Å². The maximum Gasteiger partial charge on any atom is 0.266 e. The second-order valence-corrected chi connectivity index (χ2v) is 5.57. The fourth-order valence-corrected chi connectivity index (χ4v) is 2.58. The van der Waals surface area contributed by atoms with Gasteiger partial charge in [0.1, 0.15) is 5.76 Å².